The molecule has 0 rings (SSSR count). The first-order valence-corrected chi connectivity index (χ1v) is 37.1. The molecular weight excluding hydrogens is 1020 g/mol. The van der Waals surface area contributed by atoms with Crippen molar-refractivity contribution >= 4 is 17.9 Å². The molecule has 0 heterocycles. The zero-order chi connectivity index (χ0) is 59.9. The molecule has 0 aliphatic carbocycles. The highest BCUT2D eigenvalue weighted by Gasteiger charge is 2.20. The smallest absolute Gasteiger partial charge is 0.306 e. The highest BCUT2D eigenvalue weighted by atomic mass is 16.6. The Hall–Kier alpha value is -2.63. The molecule has 0 N–H and O–H groups in total. The van der Waals surface area contributed by atoms with Crippen molar-refractivity contribution in [3.8, 4) is 0 Å². The van der Waals surface area contributed by atoms with Gasteiger partial charge < -0.3 is 14.2 Å². The van der Waals surface area contributed by atoms with Crippen LogP contribution in [0.4, 0.5) is 0 Å². The molecule has 0 aromatic carbocycles. The van der Waals surface area contributed by atoms with Gasteiger partial charge in [-0.15, -0.1) is 0 Å². The Morgan fingerprint density at radius 3 is 0.735 bits per heavy atom. The van der Waals surface area contributed by atoms with Gasteiger partial charge in [0.2, 0.25) is 0 Å². The predicted octanol–water partition coefficient (Wildman–Crippen LogP) is 25.7. The van der Waals surface area contributed by atoms with E-state index in [1.807, 2.05) is 0 Å². The molecule has 0 bridgehead atoms. The molecule has 0 radical (unpaired) electrons. The Labute approximate surface area is 518 Å². The molecule has 1 unspecified atom stereocenters. The van der Waals surface area contributed by atoms with Crippen molar-refractivity contribution in [3.05, 3.63) is 48.6 Å². The highest BCUT2D eigenvalue weighted by molar-refractivity contribution is 5.71. The van der Waals surface area contributed by atoms with E-state index in [0.717, 1.165) is 83.5 Å². The largest absolute Gasteiger partial charge is 0.462 e. The van der Waals surface area contributed by atoms with Gasteiger partial charge in [0.25, 0.3) is 0 Å². The van der Waals surface area contributed by atoms with E-state index in [1.54, 1.807) is 0 Å². The van der Waals surface area contributed by atoms with E-state index in [2.05, 4.69) is 69.4 Å². The van der Waals surface area contributed by atoms with Crippen LogP contribution in [0.2, 0.25) is 0 Å². The standard InChI is InChI=1S/C77H142O6/c1-4-7-10-13-16-19-22-25-28-30-32-34-36-37-38-39-40-41-42-44-45-47-49-52-55-58-61-64-67-70-76(79)82-73-74(72-81-75(78)69-66-63-60-57-54-51-27-24-21-18-15-12-9-6-3)83-77(80)71-68-65-62-59-56-53-50-48-46-43-35-33-31-29-26-23-20-17-14-11-8-5-2/h7,10,16,19,25,28,32,34,74H,4-6,8-9,11-15,17-18,20-24,26-27,29-31,33,35-73H2,1-3H3/b10-7-,19-16-,28-25-,34-32-. The molecule has 0 saturated carbocycles. The number of ether oxygens (including phenoxy) is 3. The summed E-state index contributed by atoms with van der Waals surface area (Å²) < 4.78 is 17.0. The summed E-state index contributed by atoms with van der Waals surface area (Å²) in [5.74, 6) is -0.831. The fourth-order valence-corrected chi connectivity index (χ4v) is 11.3. The molecule has 0 spiro atoms. The second kappa shape index (κ2) is 71.8. The van der Waals surface area contributed by atoms with Crippen molar-refractivity contribution in [2.24, 2.45) is 0 Å². The lowest BCUT2D eigenvalue weighted by Gasteiger charge is -2.18. The Morgan fingerprint density at radius 2 is 0.470 bits per heavy atom. The highest BCUT2D eigenvalue weighted by Crippen LogP contribution is 2.19. The molecular formula is C77H142O6. The van der Waals surface area contributed by atoms with Crippen LogP contribution < -0.4 is 0 Å². The van der Waals surface area contributed by atoms with Gasteiger partial charge in [0, 0.05) is 19.3 Å². The molecule has 1 atom stereocenters. The van der Waals surface area contributed by atoms with E-state index >= 15 is 0 Å². The van der Waals surface area contributed by atoms with Crippen molar-refractivity contribution in [2.45, 2.75) is 412 Å². The summed E-state index contributed by atoms with van der Waals surface area (Å²) >= 11 is 0. The number of hydrogen-bond acceptors (Lipinski definition) is 6. The third-order valence-corrected chi connectivity index (χ3v) is 16.8. The van der Waals surface area contributed by atoms with E-state index in [4.69, 9.17) is 14.2 Å². The quantitative estimate of drug-likeness (QED) is 0.0261. The summed E-state index contributed by atoms with van der Waals surface area (Å²) in [5, 5.41) is 0. The minimum absolute atomic E-state index is 0.0651. The second-order valence-electron chi connectivity index (χ2n) is 25.2. The summed E-state index contributed by atoms with van der Waals surface area (Å²) in [6.45, 7) is 6.61. The normalized spacial score (nSPS) is 12.3. The van der Waals surface area contributed by atoms with Crippen LogP contribution in [0.1, 0.15) is 406 Å². The van der Waals surface area contributed by atoms with E-state index in [0.29, 0.717) is 19.3 Å². The number of carbonyl (C=O) groups excluding carboxylic acids is 3. The lowest BCUT2D eigenvalue weighted by Crippen LogP contribution is -2.30. The SMILES string of the molecule is CC/C=C\C/C=C\C/C=C\C/C=C\CCCCCCCCCCCCCCCCCCC(=O)OCC(COC(=O)CCCCCCCCCCCCCCCC)OC(=O)CCCCCCCCCCCCCCCCCCCCCCCC. The maximum absolute atomic E-state index is 13.0. The van der Waals surface area contributed by atoms with Crippen molar-refractivity contribution < 1.29 is 28.6 Å². The fraction of sp³-hybridized carbons (Fsp3) is 0.857. The number of hydrogen-bond donors (Lipinski definition) is 0. The molecule has 486 valence electrons. The van der Waals surface area contributed by atoms with Crippen LogP contribution in [0.25, 0.3) is 0 Å². The molecule has 6 heteroatoms. The van der Waals surface area contributed by atoms with Crippen LogP contribution in [0, 0.1) is 0 Å². The average Bonchev–Trinajstić information content (AvgIpc) is 3.49. The minimum atomic E-state index is -0.769. The monoisotopic (exact) mass is 1160 g/mol. The summed E-state index contributed by atoms with van der Waals surface area (Å²) in [6.07, 6.45) is 91.5. The van der Waals surface area contributed by atoms with Crippen LogP contribution in [0.5, 0.6) is 0 Å². The summed E-state index contributed by atoms with van der Waals surface area (Å²) in [4.78, 5) is 38.5. The van der Waals surface area contributed by atoms with E-state index in [9.17, 15) is 14.4 Å². The lowest BCUT2D eigenvalue weighted by atomic mass is 10.0. The van der Waals surface area contributed by atoms with Crippen LogP contribution in [0.15, 0.2) is 48.6 Å². The third-order valence-electron chi connectivity index (χ3n) is 16.8. The molecule has 0 aromatic heterocycles. The molecule has 0 aliphatic heterocycles. The Balaban J connectivity index is 4.20. The molecule has 6 nitrogen and oxygen atoms in total. The number of unbranched alkanes of at least 4 members (excludes halogenated alkanes) is 50. The van der Waals surface area contributed by atoms with Crippen LogP contribution in [0.3, 0.4) is 0 Å². The van der Waals surface area contributed by atoms with Crippen LogP contribution >= 0.6 is 0 Å². The van der Waals surface area contributed by atoms with Crippen LogP contribution in [-0.2, 0) is 28.6 Å². The Kier molecular flexibility index (Phi) is 69.6. The lowest BCUT2D eigenvalue weighted by molar-refractivity contribution is -0.167. The van der Waals surface area contributed by atoms with Crippen molar-refractivity contribution in [1.29, 1.82) is 0 Å². The molecule has 0 amide bonds. The van der Waals surface area contributed by atoms with Gasteiger partial charge in [-0.1, -0.05) is 378 Å². The van der Waals surface area contributed by atoms with Crippen molar-refractivity contribution in [3.63, 3.8) is 0 Å². The first kappa shape index (κ1) is 80.4. The van der Waals surface area contributed by atoms with Gasteiger partial charge in [-0.3, -0.25) is 14.4 Å². The average molecular weight is 1160 g/mol. The molecule has 83 heavy (non-hydrogen) atoms. The Morgan fingerprint density at radius 1 is 0.253 bits per heavy atom. The predicted molar refractivity (Wildman–Crippen MR) is 362 cm³/mol. The molecule has 0 aromatic rings. The number of allylic oxidation sites excluding steroid dienone is 8. The first-order valence-electron chi connectivity index (χ1n) is 37.1. The molecule has 0 saturated heterocycles. The van der Waals surface area contributed by atoms with Gasteiger partial charge in [0.05, 0.1) is 0 Å². The van der Waals surface area contributed by atoms with Gasteiger partial charge in [0.1, 0.15) is 13.2 Å². The summed E-state index contributed by atoms with van der Waals surface area (Å²) in [6, 6.07) is 0. The van der Waals surface area contributed by atoms with E-state index < -0.39 is 6.10 Å². The van der Waals surface area contributed by atoms with Crippen molar-refractivity contribution in [2.75, 3.05) is 13.2 Å². The second-order valence-corrected chi connectivity index (χ2v) is 25.2. The maximum Gasteiger partial charge on any atom is 0.306 e. The molecule has 0 fully saturated rings. The summed E-state index contributed by atoms with van der Waals surface area (Å²) in [7, 11) is 0. The number of esters is 3. The molecule has 0 aliphatic rings. The van der Waals surface area contributed by atoms with E-state index in [-0.39, 0.29) is 31.1 Å². The third kappa shape index (κ3) is 70.0. The van der Waals surface area contributed by atoms with Gasteiger partial charge in [-0.25, -0.2) is 0 Å². The van der Waals surface area contributed by atoms with Gasteiger partial charge >= 0.3 is 17.9 Å². The zero-order valence-corrected chi connectivity index (χ0v) is 56.0. The number of rotatable bonds is 69. The zero-order valence-electron chi connectivity index (χ0n) is 56.0. The fourth-order valence-electron chi connectivity index (χ4n) is 11.3. The van der Waals surface area contributed by atoms with Crippen LogP contribution in [-0.4, -0.2) is 37.2 Å². The van der Waals surface area contributed by atoms with Crippen molar-refractivity contribution in [1.82, 2.24) is 0 Å². The van der Waals surface area contributed by atoms with Gasteiger partial charge in [0.15, 0.2) is 6.10 Å². The van der Waals surface area contributed by atoms with Gasteiger partial charge in [-0.05, 0) is 57.8 Å². The minimum Gasteiger partial charge on any atom is -0.462 e. The number of carbonyl (C=O) groups is 3. The van der Waals surface area contributed by atoms with Gasteiger partial charge in [-0.2, -0.15) is 0 Å². The summed E-state index contributed by atoms with van der Waals surface area (Å²) in [5.41, 5.74) is 0. The Bertz CT molecular complexity index is 1430. The first-order chi connectivity index (χ1) is 41.0. The topological polar surface area (TPSA) is 78.9 Å². The van der Waals surface area contributed by atoms with E-state index in [1.165, 1.54) is 283 Å². The maximum atomic E-state index is 13.0.